The van der Waals surface area contributed by atoms with Crippen molar-refractivity contribution in [2.24, 2.45) is 0 Å². The average Bonchev–Trinajstić information content (AvgIpc) is 3.19. The highest BCUT2D eigenvalue weighted by atomic mass is 16.2. The Kier molecular flexibility index (Phi) is 6.85. The van der Waals surface area contributed by atoms with E-state index in [0.717, 1.165) is 42.6 Å². The molecule has 0 bridgehead atoms. The lowest BCUT2D eigenvalue weighted by molar-refractivity contribution is -0.130. The molecule has 36 heavy (non-hydrogen) atoms. The first kappa shape index (κ1) is 23.8. The third kappa shape index (κ3) is 4.76. The summed E-state index contributed by atoms with van der Waals surface area (Å²) in [6, 6.07) is 22.4. The number of amides is 1. The van der Waals surface area contributed by atoms with Gasteiger partial charge in [-0.3, -0.25) is 14.2 Å². The van der Waals surface area contributed by atoms with Crippen molar-refractivity contribution < 1.29 is 4.79 Å². The molecule has 184 valence electrons. The lowest BCUT2D eigenvalue weighted by atomic mass is 10.1. The van der Waals surface area contributed by atoms with Crippen LogP contribution in [-0.2, 0) is 17.8 Å². The number of carbonyl (C=O) groups excluding carboxylic acids is 1. The Hall–Kier alpha value is -3.93. The molecule has 1 aliphatic rings. The van der Waals surface area contributed by atoms with E-state index in [1.165, 1.54) is 17.4 Å². The largest absolute Gasteiger partial charge is 0.342 e. The van der Waals surface area contributed by atoms with Crippen LogP contribution in [0.3, 0.4) is 0 Å². The van der Waals surface area contributed by atoms with Crippen molar-refractivity contribution in [3.63, 3.8) is 0 Å². The minimum atomic E-state index is -0.379. The molecule has 1 amide bonds. The van der Waals surface area contributed by atoms with Gasteiger partial charge in [-0.05, 0) is 60.7 Å². The molecule has 2 heterocycles. The van der Waals surface area contributed by atoms with Crippen molar-refractivity contribution in [2.75, 3.05) is 13.1 Å². The standard InChI is InChI=1S/C30H31N3O3/c1-22-10-4-5-11-24(22)21-32-27-13-7-6-12-26(27)29(35)33(30(32)36)25-16-14-23(15-17-25)20-28(34)31-18-8-2-3-9-19-31/h4-7,10-17H,2-3,8-9,18-21H2,1H3. The molecule has 0 spiro atoms. The third-order valence-corrected chi connectivity index (χ3v) is 7.15. The van der Waals surface area contributed by atoms with Gasteiger partial charge in [0.25, 0.3) is 5.56 Å². The maximum absolute atomic E-state index is 13.7. The predicted molar refractivity (Wildman–Crippen MR) is 143 cm³/mol. The van der Waals surface area contributed by atoms with Gasteiger partial charge in [-0.1, -0.05) is 61.4 Å². The summed E-state index contributed by atoms with van der Waals surface area (Å²) in [6.07, 6.45) is 4.81. The number of carbonyl (C=O) groups is 1. The van der Waals surface area contributed by atoms with Crippen LogP contribution in [0.4, 0.5) is 0 Å². The molecule has 3 aromatic carbocycles. The van der Waals surface area contributed by atoms with Gasteiger partial charge in [0, 0.05) is 13.1 Å². The molecule has 0 radical (unpaired) electrons. The molecule has 0 atom stereocenters. The second-order valence-electron chi connectivity index (χ2n) is 9.59. The first-order chi connectivity index (χ1) is 17.5. The van der Waals surface area contributed by atoms with Crippen molar-refractivity contribution >= 4 is 16.8 Å². The minimum absolute atomic E-state index is 0.133. The van der Waals surface area contributed by atoms with E-state index in [1.54, 1.807) is 22.8 Å². The average molecular weight is 482 g/mol. The van der Waals surface area contributed by atoms with Crippen LogP contribution < -0.4 is 11.2 Å². The second-order valence-corrected chi connectivity index (χ2v) is 9.59. The predicted octanol–water partition coefficient (Wildman–Crippen LogP) is 4.45. The Labute approximate surface area is 210 Å². The second kappa shape index (κ2) is 10.4. The highest BCUT2D eigenvalue weighted by Gasteiger charge is 2.17. The zero-order chi connectivity index (χ0) is 25.1. The van der Waals surface area contributed by atoms with E-state index in [-0.39, 0.29) is 17.2 Å². The molecular weight excluding hydrogens is 450 g/mol. The summed E-state index contributed by atoms with van der Waals surface area (Å²) in [5, 5.41) is 0.492. The van der Waals surface area contributed by atoms with E-state index in [4.69, 9.17) is 0 Å². The summed E-state index contributed by atoms with van der Waals surface area (Å²) in [4.78, 5) is 41.8. The quantitative estimate of drug-likeness (QED) is 0.423. The molecule has 0 unspecified atom stereocenters. The summed E-state index contributed by atoms with van der Waals surface area (Å²) < 4.78 is 2.90. The van der Waals surface area contributed by atoms with Gasteiger partial charge >= 0.3 is 5.69 Å². The topological polar surface area (TPSA) is 64.3 Å². The fourth-order valence-corrected chi connectivity index (χ4v) is 5.03. The zero-order valence-electron chi connectivity index (χ0n) is 20.7. The number of benzene rings is 3. The van der Waals surface area contributed by atoms with Crippen LogP contribution in [-0.4, -0.2) is 33.0 Å². The number of aromatic nitrogens is 2. The van der Waals surface area contributed by atoms with Gasteiger partial charge in [-0.15, -0.1) is 0 Å². The molecule has 1 fully saturated rings. The van der Waals surface area contributed by atoms with E-state index in [2.05, 4.69) is 0 Å². The van der Waals surface area contributed by atoms with Gasteiger partial charge in [0.2, 0.25) is 5.91 Å². The summed E-state index contributed by atoms with van der Waals surface area (Å²) in [7, 11) is 0. The third-order valence-electron chi connectivity index (χ3n) is 7.15. The summed E-state index contributed by atoms with van der Waals surface area (Å²) in [5.74, 6) is 0.133. The zero-order valence-corrected chi connectivity index (χ0v) is 20.7. The number of para-hydroxylation sites is 1. The van der Waals surface area contributed by atoms with E-state index < -0.39 is 0 Å². The van der Waals surface area contributed by atoms with Crippen LogP contribution in [0.15, 0.2) is 82.4 Å². The van der Waals surface area contributed by atoms with Crippen molar-refractivity contribution in [1.82, 2.24) is 14.0 Å². The van der Waals surface area contributed by atoms with Crippen molar-refractivity contribution in [3.8, 4) is 5.69 Å². The van der Waals surface area contributed by atoms with Crippen LogP contribution >= 0.6 is 0 Å². The number of likely N-dealkylation sites (tertiary alicyclic amines) is 1. The number of rotatable bonds is 5. The molecule has 1 aromatic heterocycles. The number of nitrogens with zero attached hydrogens (tertiary/aromatic N) is 3. The number of aryl methyl sites for hydroxylation is 1. The lowest BCUT2D eigenvalue weighted by Crippen LogP contribution is -2.39. The van der Waals surface area contributed by atoms with E-state index in [0.29, 0.717) is 29.6 Å². The molecule has 4 aromatic rings. The summed E-state index contributed by atoms with van der Waals surface area (Å²) >= 11 is 0. The van der Waals surface area contributed by atoms with Crippen LogP contribution in [0.2, 0.25) is 0 Å². The smallest absolute Gasteiger partial charge is 0.336 e. The molecule has 1 aliphatic heterocycles. The van der Waals surface area contributed by atoms with Gasteiger partial charge in [0.15, 0.2) is 0 Å². The lowest BCUT2D eigenvalue weighted by Gasteiger charge is -2.20. The van der Waals surface area contributed by atoms with Crippen molar-refractivity contribution in [2.45, 2.75) is 45.6 Å². The Bertz CT molecular complexity index is 1510. The summed E-state index contributed by atoms with van der Waals surface area (Å²) in [5.41, 5.74) is 3.39. The number of fused-ring (bicyclic) bond motifs is 1. The van der Waals surface area contributed by atoms with E-state index >= 15 is 0 Å². The van der Waals surface area contributed by atoms with Crippen LogP contribution in [0.25, 0.3) is 16.6 Å². The van der Waals surface area contributed by atoms with Crippen molar-refractivity contribution in [3.05, 3.63) is 110 Å². The Morgan fingerprint density at radius 1 is 0.806 bits per heavy atom. The summed E-state index contributed by atoms with van der Waals surface area (Å²) in [6.45, 7) is 4.03. The Morgan fingerprint density at radius 2 is 1.47 bits per heavy atom. The molecule has 6 nitrogen and oxygen atoms in total. The normalized spacial score (nSPS) is 14.1. The van der Waals surface area contributed by atoms with Crippen molar-refractivity contribution in [1.29, 1.82) is 0 Å². The van der Waals surface area contributed by atoms with Crippen LogP contribution in [0.5, 0.6) is 0 Å². The fourth-order valence-electron chi connectivity index (χ4n) is 5.03. The van der Waals surface area contributed by atoms with Gasteiger partial charge < -0.3 is 4.90 Å². The van der Waals surface area contributed by atoms with Crippen LogP contribution in [0, 0.1) is 6.92 Å². The SMILES string of the molecule is Cc1ccccc1Cn1c(=O)n(-c2ccc(CC(=O)N3CCCCCC3)cc2)c(=O)c2ccccc21. The molecule has 0 aliphatic carbocycles. The Balaban J connectivity index is 1.50. The molecule has 0 N–H and O–H groups in total. The molecule has 0 saturated carbocycles. The monoisotopic (exact) mass is 481 g/mol. The van der Waals surface area contributed by atoms with Gasteiger partial charge in [-0.2, -0.15) is 0 Å². The number of hydrogen-bond acceptors (Lipinski definition) is 3. The first-order valence-corrected chi connectivity index (χ1v) is 12.7. The first-order valence-electron chi connectivity index (χ1n) is 12.7. The van der Waals surface area contributed by atoms with E-state index in [1.807, 2.05) is 66.4 Å². The highest BCUT2D eigenvalue weighted by molar-refractivity contribution is 5.79. The van der Waals surface area contributed by atoms with Gasteiger partial charge in [0.1, 0.15) is 0 Å². The highest BCUT2D eigenvalue weighted by Crippen LogP contribution is 2.16. The molecule has 5 rings (SSSR count). The van der Waals surface area contributed by atoms with Crippen LogP contribution in [0.1, 0.15) is 42.4 Å². The molecule has 1 saturated heterocycles. The number of hydrogen-bond donors (Lipinski definition) is 0. The maximum atomic E-state index is 13.7. The van der Waals surface area contributed by atoms with Gasteiger partial charge in [0.05, 0.1) is 29.6 Å². The van der Waals surface area contributed by atoms with E-state index in [9.17, 15) is 14.4 Å². The fraction of sp³-hybridized carbons (Fsp3) is 0.300. The Morgan fingerprint density at radius 3 is 2.19 bits per heavy atom. The maximum Gasteiger partial charge on any atom is 0.336 e. The molecule has 6 heteroatoms. The van der Waals surface area contributed by atoms with Gasteiger partial charge in [-0.25, -0.2) is 9.36 Å². The molecular formula is C30H31N3O3. The minimum Gasteiger partial charge on any atom is -0.342 e.